The number of likely N-dealkylation sites (tertiary alicyclic amines) is 1. The summed E-state index contributed by atoms with van der Waals surface area (Å²) >= 11 is 0. The van der Waals surface area contributed by atoms with E-state index in [1.807, 2.05) is 0 Å². The van der Waals surface area contributed by atoms with Crippen molar-refractivity contribution in [2.75, 3.05) is 45.9 Å². The Hall–Kier alpha value is -0.810. The molecule has 0 amide bonds. The number of ether oxygens (including phenoxy) is 1. The summed E-state index contributed by atoms with van der Waals surface area (Å²) in [6, 6.07) is 0.593. The topological polar surface area (TPSA) is 40.1 Å². The zero-order valence-corrected chi connectivity index (χ0v) is 17.0. The maximum Gasteiger partial charge on any atom is 0.194 e. The van der Waals surface area contributed by atoms with E-state index in [4.69, 9.17) is 9.73 Å². The molecule has 2 saturated heterocycles. The molecule has 0 aromatic rings. The number of nitrogens with zero attached hydrogens (tertiary/aromatic N) is 3. The van der Waals surface area contributed by atoms with Gasteiger partial charge in [0.05, 0.1) is 6.10 Å². The predicted molar refractivity (Wildman–Crippen MR) is 106 cm³/mol. The van der Waals surface area contributed by atoms with Crippen molar-refractivity contribution in [3.8, 4) is 0 Å². The molecule has 4 unspecified atom stereocenters. The molecule has 0 radical (unpaired) electrons. The lowest BCUT2D eigenvalue weighted by atomic mass is 9.46. The lowest BCUT2D eigenvalue weighted by molar-refractivity contribution is -0.171. The zero-order chi connectivity index (χ0) is 18.1. The van der Waals surface area contributed by atoms with Crippen molar-refractivity contribution in [3.63, 3.8) is 0 Å². The van der Waals surface area contributed by atoms with Crippen LogP contribution < -0.4 is 5.32 Å². The van der Waals surface area contributed by atoms with E-state index in [1.165, 1.54) is 44.6 Å². The summed E-state index contributed by atoms with van der Waals surface area (Å²) < 4.78 is 6.09. The highest BCUT2D eigenvalue weighted by atomic mass is 16.5. The van der Waals surface area contributed by atoms with Gasteiger partial charge in [-0.25, -0.2) is 0 Å². The molecule has 0 aromatic carbocycles. The third-order valence-electron chi connectivity index (χ3n) is 7.62. The average molecular weight is 363 g/mol. The lowest BCUT2D eigenvalue weighted by Gasteiger charge is -2.63. The number of hydrogen-bond acceptors (Lipinski definition) is 3. The van der Waals surface area contributed by atoms with Gasteiger partial charge >= 0.3 is 0 Å². The van der Waals surface area contributed by atoms with Crippen LogP contribution in [-0.2, 0) is 4.74 Å². The fourth-order valence-corrected chi connectivity index (χ4v) is 6.00. The van der Waals surface area contributed by atoms with E-state index in [0.717, 1.165) is 45.2 Å². The Morgan fingerprint density at radius 1 is 1.23 bits per heavy atom. The highest BCUT2D eigenvalue weighted by molar-refractivity contribution is 5.81. The smallest absolute Gasteiger partial charge is 0.194 e. The summed E-state index contributed by atoms with van der Waals surface area (Å²) in [5, 5.41) is 3.94. The molecule has 5 heteroatoms. The molecule has 0 bridgehead atoms. The summed E-state index contributed by atoms with van der Waals surface area (Å²) in [5.74, 6) is 2.67. The van der Waals surface area contributed by atoms with E-state index in [-0.39, 0.29) is 0 Å². The maximum absolute atomic E-state index is 6.09. The van der Waals surface area contributed by atoms with Crippen molar-refractivity contribution >= 4 is 5.96 Å². The molecule has 4 aliphatic rings. The highest BCUT2D eigenvalue weighted by Crippen LogP contribution is 2.62. The van der Waals surface area contributed by atoms with Gasteiger partial charge in [-0.15, -0.1) is 0 Å². The molecule has 5 nitrogen and oxygen atoms in total. The van der Waals surface area contributed by atoms with Gasteiger partial charge in [-0.3, -0.25) is 4.99 Å². The third kappa shape index (κ3) is 3.05. The minimum absolute atomic E-state index is 0.427. The van der Waals surface area contributed by atoms with E-state index >= 15 is 0 Å². The Kier molecular flexibility index (Phi) is 5.47. The molecule has 2 aliphatic carbocycles. The van der Waals surface area contributed by atoms with Crippen LogP contribution in [0, 0.1) is 17.3 Å². The molecule has 2 heterocycles. The number of guanidine groups is 1. The maximum atomic E-state index is 6.09. The van der Waals surface area contributed by atoms with Crippen molar-refractivity contribution in [1.82, 2.24) is 15.1 Å². The number of fused-ring (bicyclic) bond motifs is 2. The quantitative estimate of drug-likeness (QED) is 0.582. The van der Waals surface area contributed by atoms with E-state index in [0.29, 0.717) is 23.5 Å². The molecular formula is C21H38N4O. The normalized spacial score (nSPS) is 35.5. The molecule has 26 heavy (non-hydrogen) atoms. The van der Waals surface area contributed by atoms with Crippen molar-refractivity contribution in [2.24, 2.45) is 22.2 Å². The molecule has 2 saturated carbocycles. The Morgan fingerprint density at radius 3 is 2.69 bits per heavy atom. The van der Waals surface area contributed by atoms with Crippen molar-refractivity contribution in [1.29, 1.82) is 0 Å². The zero-order valence-electron chi connectivity index (χ0n) is 17.0. The van der Waals surface area contributed by atoms with E-state index < -0.39 is 0 Å². The van der Waals surface area contributed by atoms with Crippen LogP contribution >= 0.6 is 0 Å². The lowest BCUT2D eigenvalue weighted by Crippen LogP contribution is -2.72. The predicted octanol–water partition coefficient (Wildman–Crippen LogP) is 2.57. The number of aliphatic imine (C=N–C) groups is 1. The van der Waals surface area contributed by atoms with Gasteiger partial charge in [-0.05, 0) is 51.6 Å². The van der Waals surface area contributed by atoms with Crippen LogP contribution in [0.4, 0.5) is 0 Å². The summed E-state index contributed by atoms with van der Waals surface area (Å²) in [4.78, 5) is 10.00. The molecule has 0 aromatic heterocycles. The fourth-order valence-electron chi connectivity index (χ4n) is 6.00. The van der Waals surface area contributed by atoms with Gasteiger partial charge in [0.15, 0.2) is 5.96 Å². The molecule has 4 atom stereocenters. The van der Waals surface area contributed by atoms with Gasteiger partial charge in [0.2, 0.25) is 0 Å². The Balaban J connectivity index is 1.39. The summed E-state index contributed by atoms with van der Waals surface area (Å²) in [5.41, 5.74) is 0.427. The molecule has 148 valence electrons. The second-order valence-electron chi connectivity index (χ2n) is 8.84. The number of rotatable bonds is 6. The average Bonchev–Trinajstić information content (AvgIpc) is 3.23. The molecule has 4 rings (SSSR count). The SMILES string of the molecule is CCN=C(NC1C2CCOC2C12CCC2)N1CCC(CN(CC)CC)C1. The van der Waals surface area contributed by atoms with Crippen LogP contribution in [0.3, 0.4) is 0 Å². The summed E-state index contributed by atoms with van der Waals surface area (Å²) in [7, 11) is 0. The summed E-state index contributed by atoms with van der Waals surface area (Å²) in [6.07, 6.45) is 7.12. The molecule has 2 aliphatic heterocycles. The first kappa shape index (κ1) is 18.5. The van der Waals surface area contributed by atoms with Crippen molar-refractivity contribution in [2.45, 2.75) is 65.0 Å². The standard InChI is InChI=1S/C21H38N4O/c1-4-22-20(25-12-8-16(15-25)14-24(5-2)6-3)23-18-17-9-13-26-19(17)21(18)10-7-11-21/h16-19H,4-15H2,1-3H3,(H,22,23). The van der Waals surface area contributed by atoms with Gasteiger partial charge in [-0.1, -0.05) is 20.3 Å². The summed E-state index contributed by atoms with van der Waals surface area (Å²) in [6.45, 7) is 14.4. The second-order valence-corrected chi connectivity index (χ2v) is 8.84. The molecule has 1 spiro atoms. The molecule has 1 N–H and O–H groups in total. The van der Waals surface area contributed by atoms with E-state index in [1.54, 1.807) is 0 Å². The second kappa shape index (κ2) is 7.67. The highest BCUT2D eigenvalue weighted by Gasteiger charge is 2.66. The first-order chi connectivity index (χ1) is 12.7. The largest absolute Gasteiger partial charge is 0.377 e. The van der Waals surface area contributed by atoms with Gasteiger partial charge < -0.3 is 19.9 Å². The monoisotopic (exact) mass is 362 g/mol. The van der Waals surface area contributed by atoms with Crippen molar-refractivity contribution in [3.05, 3.63) is 0 Å². The van der Waals surface area contributed by atoms with Crippen LogP contribution in [0.25, 0.3) is 0 Å². The number of nitrogens with one attached hydrogen (secondary N) is 1. The van der Waals surface area contributed by atoms with Gasteiger partial charge in [0.25, 0.3) is 0 Å². The number of hydrogen-bond donors (Lipinski definition) is 1. The third-order valence-corrected chi connectivity index (χ3v) is 7.62. The van der Waals surface area contributed by atoms with Crippen LogP contribution in [0.1, 0.15) is 52.9 Å². The minimum atomic E-state index is 0.427. The van der Waals surface area contributed by atoms with Crippen LogP contribution in [0.2, 0.25) is 0 Å². The Bertz CT molecular complexity index is 514. The Labute approximate surface area is 159 Å². The first-order valence-electron chi connectivity index (χ1n) is 11.1. The van der Waals surface area contributed by atoms with Crippen molar-refractivity contribution < 1.29 is 4.74 Å². The molecule has 4 fully saturated rings. The van der Waals surface area contributed by atoms with Gasteiger partial charge in [0, 0.05) is 50.2 Å². The first-order valence-corrected chi connectivity index (χ1v) is 11.1. The van der Waals surface area contributed by atoms with Crippen LogP contribution in [-0.4, -0.2) is 73.8 Å². The van der Waals surface area contributed by atoms with Crippen LogP contribution in [0.15, 0.2) is 4.99 Å². The fraction of sp³-hybridized carbons (Fsp3) is 0.952. The van der Waals surface area contributed by atoms with Gasteiger partial charge in [-0.2, -0.15) is 0 Å². The molecular weight excluding hydrogens is 324 g/mol. The van der Waals surface area contributed by atoms with Crippen LogP contribution in [0.5, 0.6) is 0 Å². The van der Waals surface area contributed by atoms with Gasteiger partial charge in [0.1, 0.15) is 0 Å². The van der Waals surface area contributed by atoms with E-state index in [9.17, 15) is 0 Å². The minimum Gasteiger partial charge on any atom is -0.377 e. The Morgan fingerprint density at radius 2 is 2.04 bits per heavy atom. The van der Waals surface area contributed by atoms with E-state index in [2.05, 4.69) is 35.9 Å².